The zero-order valence-electron chi connectivity index (χ0n) is 12.6. The predicted molar refractivity (Wildman–Crippen MR) is 89.9 cm³/mol. The molecule has 4 nitrogen and oxygen atoms in total. The van der Waals surface area contributed by atoms with Gasteiger partial charge in [-0.3, -0.25) is 4.99 Å². The number of nitrogens with two attached hydrogens (primary N) is 1. The van der Waals surface area contributed by atoms with Crippen LogP contribution in [0, 0.1) is 0 Å². The third kappa shape index (κ3) is 5.16. The van der Waals surface area contributed by atoms with Crippen LogP contribution in [0.3, 0.4) is 0 Å². The molecule has 0 amide bonds. The van der Waals surface area contributed by atoms with Crippen molar-refractivity contribution in [1.82, 2.24) is 5.32 Å². The van der Waals surface area contributed by atoms with Crippen LogP contribution in [0.4, 0.5) is 0 Å². The average molecular weight is 310 g/mol. The van der Waals surface area contributed by atoms with Crippen molar-refractivity contribution >= 4 is 17.3 Å². The number of alkyl halides is 1. The van der Waals surface area contributed by atoms with Crippen molar-refractivity contribution in [2.45, 2.75) is 19.4 Å². The Morgan fingerprint density at radius 2 is 2.05 bits per heavy atom. The fraction of sp³-hybridized carbons (Fsp3) is 0.438. The first-order valence-corrected chi connectivity index (χ1v) is 7.77. The number of hydrogen-bond acceptors (Lipinski definition) is 4. The van der Waals surface area contributed by atoms with Crippen molar-refractivity contribution in [3.05, 3.63) is 47.2 Å². The fourth-order valence-electron chi connectivity index (χ4n) is 2.28. The molecule has 116 valence electrons. The number of aliphatic imine (C=N–C) groups is 1. The quantitative estimate of drug-likeness (QED) is 0.750. The molecule has 4 N–H and O–H groups in total. The molecule has 1 saturated heterocycles. The first-order chi connectivity index (χ1) is 10.2. The van der Waals surface area contributed by atoms with Crippen LogP contribution in [0.15, 0.2) is 46.6 Å². The number of aliphatic hydroxyl groups is 1. The lowest BCUT2D eigenvalue weighted by Gasteiger charge is -2.21. The van der Waals surface area contributed by atoms with E-state index in [1.165, 1.54) is 11.9 Å². The highest BCUT2D eigenvalue weighted by atomic mass is 35.5. The molecule has 1 aliphatic heterocycles. The van der Waals surface area contributed by atoms with Gasteiger partial charge in [-0.25, -0.2) is 0 Å². The Balaban J connectivity index is 0.00000106. The van der Waals surface area contributed by atoms with Crippen molar-refractivity contribution in [3.63, 3.8) is 0 Å². The van der Waals surface area contributed by atoms with Crippen LogP contribution in [0.2, 0.25) is 0 Å². The van der Waals surface area contributed by atoms with Gasteiger partial charge >= 0.3 is 0 Å². The third-order valence-electron chi connectivity index (χ3n) is 3.38. The van der Waals surface area contributed by atoms with Crippen LogP contribution in [-0.4, -0.2) is 36.9 Å². The molecule has 0 spiro atoms. The molecule has 21 heavy (non-hydrogen) atoms. The maximum absolute atomic E-state index is 9.20. The Morgan fingerprint density at radius 3 is 2.67 bits per heavy atom. The molecule has 1 heterocycles. The molecule has 1 aromatic carbocycles. The number of aliphatic hydroxyl groups excluding tert-OH is 1. The zero-order chi connectivity index (χ0) is 15.7. The molecular weight excluding hydrogens is 286 g/mol. The number of hydrogen-bond donors (Lipinski definition) is 3. The highest BCUT2D eigenvalue weighted by Crippen LogP contribution is 2.20. The summed E-state index contributed by atoms with van der Waals surface area (Å²) in [6.45, 7) is 3.57. The summed E-state index contributed by atoms with van der Waals surface area (Å²) in [6.07, 6.45) is 2.30. The van der Waals surface area contributed by atoms with Gasteiger partial charge in [0.1, 0.15) is 0 Å². The smallest absolute Gasteiger partial charge is 0.0828 e. The van der Waals surface area contributed by atoms with E-state index >= 15 is 0 Å². The van der Waals surface area contributed by atoms with Crippen molar-refractivity contribution in [1.29, 1.82) is 0 Å². The lowest BCUT2D eigenvalue weighted by Crippen LogP contribution is -2.34. The van der Waals surface area contributed by atoms with Crippen LogP contribution in [0.25, 0.3) is 0 Å². The summed E-state index contributed by atoms with van der Waals surface area (Å²) in [5.74, 6) is 0. The van der Waals surface area contributed by atoms with Gasteiger partial charge in [0.05, 0.1) is 18.4 Å². The molecule has 0 radical (unpaired) electrons. The summed E-state index contributed by atoms with van der Waals surface area (Å²) in [7, 11) is 0. The van der Waals surface area contributed by atoms with E-state index in [1.807, 2.05) is 18.2 Å². The summed E-state index contributed by atoms with van der Waals surface area (Å²) < 4.78 is 0. The zero-order valence-corrected chi connectivity index (χ0v) is 13.4. The first-order valence-electron chi connectivity index (χ1n) is 7.01. The lowest BCUT2D eigenvalue weighted by atomic mass is 10.00. The van der Waals surface area contributed by atoms with E-state index in [0.29, 0.717) is 12.2 Å². The van der Waals surface area contributed by atoms with Gasteiger partial charge in [-0.1, -0.05) is 30.3 Å². The number of piperidine rings is 1. The van der Waals surface area contributed by atoms with Gasteiger partial charge in [0, 0.05) is 18.6 Å². The highest BCUT2D eigenvalue weighted by molar-refractivity contribution is 6.15. The van der Waals surface area contributed by atoms with E-state index in [-0.39, 0.29) is 12.6 Å². The van der Waals surface area contributed by atoms with Gasteiger partial charge < -0.3 is 16.2 Å². The third-order valence-corrected chi connectivity index (χ3v) is 3.38. The molecule has 2 rings (SSSR count). The molecule has 0 aliphatic carbocycles. The lowest BCUT2D eigenvalue weighted by molar-refractivity contribution is 0.328. The molecule has 1 atom stereocenters. The van der Waals surface area contributed by atoms with Crippen molar-refractivity contribution in [2.24, 2.45) is 10.7 Å². The predicted octanol–water partition coefficient (Wildman–Crippen LogP) is 2.24. The second-order valence-corrected chi connectivity index (χ2v) is 4.75. The molecule has 0 saturated carbocycles. The van der Waals surface area contributed by atoms with Gasteiger partial charge in [-0.15, -0.1) is 11.6 Å². The number of nitrogens with zero attached hydrogens (tertiary/aromatic N) is 1. The van der Waals surface area contributed by atoms with Gasteiger partial charge in [-0.05, 0) is 31.0 Å². The Bertz CT molecular complexity index is 486. The second kappa shape index (κ2) is 9.55. The minimum absolute atomic E-state index is 0.0950. The van der Waals surface area contributed by atoms with Crippen molar-refractivity contribution in [2.75, 3.05) is 26.1 Å². The van der Waals surface area contributed by atoms with Crippen LogP contribution < -0.4 is 11.1 Å². The summed E-state index contributed by atoms with van der Waals surface area (Å²) in [5.41, 5.74) is 9.57. The Morgan fingerprint density at radius 1 is 1.38 bits per heavy atom. The Hall–Kier alpha value is -1.36. The summed E-state index contributed by atoms with van der Waals surface area (Å²) >= 11 is 4.64. The van der Waals surface area contributed by atoms with Gasteiger partial charge in [0.2, 0.25) is 0 Å². The van der Waals surface area contributed by atoms with E-state index in [0.717, 1.165) is 24.3 Å². The molecule has 1 unspecified atom stereocenters. The maximum atomic E-state index is 9.20. The Labute approximate surface area is 131 Å². The van der Waals surface area contributed by atoms with E-state index in [2.05, 4.69) is 36.0 Å². The monoisotopic (exact) mass is 309 g/mol. The number of halogens is 1. The largest absolute Gasteiger partial charge is 0.400 e. The van der Waals surface area contributed by atoms with Crippen LogP contribution in [-0.2, 0) is 0 Å². The number of nitrogens with one attached hydrogen (secondary N) is 1. The molecule has 1 aromatic rings. The van der Waals surface area contributed by atoms with E-state index in [9.17, 15) is 5.11 Å². The number of rotatable bonds is 3. The first kappa shape index (κ1) is 17.7. The van der Waals surface area contributed by atoms with Gasteiger partial charge in [-0.2, -0.15) is 0 Å². The van der Waals surface area contributed by atoms with E-state index < -0.39 is 0 Å². The van der Waals surface area contributed by atoms with Crippen molar-refractivity contribution < 1.29 is 5.11 Å². The molecule has 0 bridgehead atoms. The molecule has 5 heteroatoms. The van der Waals surface area contributed by atoms with E-state index in [4.69, 9.17) is 10.7 Å². The number of benzene rings is 1. The molecule has 1 aliphatic rings. The highest BCUT2D eigenvalue weighted by Gasteiger charge is 2.17. The topological polar surface area (TPSA) is 70.6 Å². The van der Waals surface area contributed by atoms with E-state index in [1.54, 1.807) is 0 Å². The van der Waals surface area contributed by atoms with Crippen LogP contribution >= 0.6 is 11.6 Å². The fourth-order valence-corrected chi connectivity index (χ4v) is 2.28. The normalized spacial score (nSPS) is 20.5. The SMILES string of the molecule is CC(N=C1CNCC/C1=C(/N)CO)c1ccccc1.CCl. The minimum atomic E-state index is -0.103. The summed E-state index contributed by atoms with van der Waals surface area (Å²) in [4.78, 5) is 4.76. The maximum Gasteiger partial charge on any atom is 0.0828 e. The molecule has 0 aromatic heterocycles. The van der Waals surface area contributed by atoms with Gasteiger partial charge in [0.25, 0.3) is 0 Å². The summed E-state index contributed by atoms with van der Waals surface area (Å²) in [6, 6.07) is 10.3. The average Bonchev–Trinajstić information content (AvgIpc) is 2.57. The minimum Gasteiger partial charge on any atom is -0.400 e. The Kier molecular flexibility index (Phi) is 8.05. The van der Waals surface area contributed by atoms with Crippen LogP contribution in [0.1, 0.15) is 24.9 Å². The van der Waals surface area contributed by atoms with Crippen LogP contribution in [0.5, 0.6) is 0 Å². The van der Waals surface area contributed by atoms with Gasteiger partial charge in [0.15, 0.2) is 0 Å². The molecule has 1 fully saturated rings. The second-order valence-electron chi connectivity index (χ2n) is 4.75. The molecular formula is C16H24ClN3O. The summed E-state index contributed by atoms with van der Waals surface area (Å²) in [5, 5.41) is 12.5. The standard InChI is InChI=1S/C15H21N3O.CH3Cl/c1-11(12-5-3-2-4-6-12)18-15-9-17-8-7-13(15)14(16)10-19;1-2/h2-6,11,17,19H,7-10,16H2,1H3;1H3/b14-13-,18-15?;. The van der Waals surface area contributed by atoms with Crippen molar-refractivity contribution in [3.8, 4) is 0 Å².